The second-order valence-corrected chi connectivity index (χ2v) is 9.89. The first-order valence-corrected chi connectivity index (χ1v) is 11.3. The summed E-state index contributed by atoms with van der Waals surface area (Å²) in [5.41, 5.74) is 2.61. The van der Waals surface area contributed by atoms with Gasteiger partial charge in [0.1, 0.15) is 11.9 Å². The van der Waals surface area contributed by atoms with Gasteiger partial charge in [0.25, 0.3) is 0 Å². The van der Waals surface area contributed by atoms with Crippen molar-refractivity contribution in [3.05, 3.63) is 83.7 Å². The van der Waals surface area contributed by atoms with E-state index in [1.165, 1.54) is 17.5 Å². The van der Waals surface area contributed by atoms with Crippen molar-refractivity contribution in [3.63, 3.8) is 0 Å². The number of aliphatic imine (C=N–C) groups is 1. The van der Waals surface area contributed by atoms with Crippen LogP contribution in [0.2, 0.25) is 0 Å². The van der Waals surface area contributed by atoms with Crippen LogP contribution in [0.4, 0.5) is 4.79 Å². The van der Waals surface area contributed by atoms with Crippen LogP contribution in [0.1, 0.15) is 31.9 Å². The van der Waals surface area contributed by atoms with Crippen LogP contribution in [0.5, 0.6) is 0 Å². The first-order valence-electron chi connectivity index (χ1n) is 9.38. The number of sulfone groups is 1. The number of carbonyl (C=O) groups is 1. The first kappa shape index (κ1) is 21.5. The van der Waals surface area contributed by atoms with Crippen molar-refractivity contribution in [2.75, 3.05) is 6.26 Å². The van der Waals surface area contributed by atoms with Gasteiger partial charge in [-0.1, -0.05) is 42.5 Å². The molecule has 2 aromatic rings. The quantitative estimate of drug-likeness (QED) is 0.719. The average molecular weight is 425 g/mol. The number of nitrogens with zero attached hydrogens (tertiary/aromatic N) is 2. The van der Waals surface area contributed by atoms with Crippen molar-refractivity contribution >= 4 is 27.8 Å². The van der Waals surface area contributed by atoms with E-state index in [2.05, 4.69) is 4.99 Å². The number of benzene rings is 2. The molecule has 0 bridgehead atoms. The fraction of sp³-hybridized carbons (Fsp3) is 0.217. The highest BCUT2D eigenvalue weighted by Gasteiger charge is 2.22. The van der Waals surface area contributed by atoms with Gasteiger partial charge in [0.15, 0.2) is 9.84 Å². The minimum absolute atomic E-state index is 0.252. The molecule has 0 atom stereocenters. The van der Waals surface area contributed by atoms with Gasteiger partial charge in [0.2, 0.25) is 0 Å². The third kappa shape index (κ3) is 5.24. The van der Waals surface area contributed by atoms with Gasteiger partial charge in [0.05, 0.1) is 10.6 Å². The van der Waals surface area contributed by atoms with E-state index in [0.717, 1.165) is 16.7 Å². The maximum atomic E-state index is 12.2. The van der Waals surface area contributed by atoms with Crippen LogP contribution in [-0.2, 0) is 14.6 Å². The molecule has 0 saturated heterocycles. The standard InChI is InChI=1S/C23H24N2O4S/c1-23(2,3)29-22(26)25-15-14-20(24-16-25)21(17-8-6-5-7-9-17)18-10-12-19(13-11-18)30(4,27)28/h5-16H,1-4H3. The molecule has 1 aliphatic heterocycles. The molecule has 0 aromatic heterocycles. The summed E-state index contributed by atoms with van der Waals surface area (Å²) >= 11 is 0. The number of rotatable bonds is 3. The highest BCUT2D eigenvalue weighted by molar-refractivity contribution is 7.90. The Kier molecular flexibility index (Phi) is 5.94. The van der Waals surface area contributed by atoms with Crippen LogP contribution in [0, 0.1) is 0 Å². The molecule has 0 N–H and O–H groups in total. The van der Waals surface area contributed by atoms with E-state index in [9.17, 15) is 13.2 Å². The van der Waals surface area contributed by atoms with E-state index in [4.69, 9.17) is 4.74 Å². The van der Waals surface area contributed by atoms with Crippen LogP contribution in [-0.4, -0.2) is 37.6 Å². The lowest BCUT2D eigenvalue weighted by molar-refractivity contribution is 0.0431. The summed E-state index contributed by atoms with van der Waals surface area (Å²) in [5.74, 6) is 0. The molecule has 0 unspecified atom stereocenters. The third-order valence-electron chi connectivity index (χ3n) is 4.21. The molecule has 1 aliphatic rings. The average Bonchev–Trinajstić information content (AvgIpc) is 2.68. The SMILES string of the molecule is CC(C)(C)OC(=O)N1C=CC(=C(c2ccccc2)c2ccc(S(C)(=O)=O)cc2)N=C1. The summed E-state index contributed by atoms with van der Waals surface area (Å²) in [6.45, 7) is 5.40. The van der Waals surface area contributed by atoms with Crippen molar-refractivity contribution in [2.45, 2.75) is 31.3 Å². The van der Waals surface area contributed by atoms with Crippen molar-refractivity contribution in [3.8, 4) is 0 Å². The number of amides is 1. The highest BCUT2D eigenvalue weighted by atomic mass is 32.2. The molecule has 1 amide bonds. The summed E-state index contributed by atoms with van der Waals surface area (Å²) in [5, 5.41) is 0. The van der Waals surface area contributed by atoms with Crippen molar-refractivity contribution in [2.24, 2.45) is 4.99 Å². The minimum Gasteiger partial charge on any atom is -0.443 e. The predicted molar refractivity (Wildman–Crippen MR) is 118 cm³/mol. The number of carbonyl (C=O) groups excluding carboxylic acids is 1. The molecule has 3 rings (SSSR count). The molecular weight excluding hydrogens is 400 g/mol. The van der Waals surface area contributed by atoms with Crippen molar-refractivity contribution in [1.29, 1.82) is 0 Å². The molecule has 0 spiro atoms. The van der Waals surface area contributed by atoms with Crippen LogP contribution >= 0.6 is 0 Å². The number of hydrogen-bond acceptors (Lipinski definition) is 5. The zero-order valence-electron chi connectivity index (χ0n) is 17.4. The van der Waals surface area contributed by atoms with Gasteiger partial charge in [-0.3, -0.25) is 0 Å². The van der Waals surface area contributed by atoms with Gasteiger partial charge in [-0.2, -0.15) is 0 Å². The van der Waals surface area contributed by atoms with Crippen LogP contribution < -0.4 is 0 Å². The Labute approximate surface area is 177 Å². The Bertz CT molecular complexity index is 1110. The lowest BCUT2D eigenvalue weighted by Gasteiger charge is -2.24. The highest BCUT2D eigenvalue weighted by Crippen LogP contribution is 2.30. The molecule has 6 nitrogen and oxygen atoms in total. The van der Waals surface area contributed by atoms with E-state index in [1.54, 1.807) is 57.3 Å². The van der Waals surface area contributed by atoms with E-state index in [-0.39, 0.29) is 4.90 Å². The molecule has 30 heavy (non-hydrogen) atoms. The topological polar surface area (TPSA) is 76.0 Å². The van der Waals surface area contributed by atoms with Crippen LogP contribution in [0.3, 0.4) is 0 Å². The monoisotopic (exact) mass is 424 g/mol. The normalized spacial score (nSPS) is 15.8. The molecule has 156 valence electrons. The van der Waals surface area contributed by atoms with Gasteiger partial charge in [-0.25, -0.2) is 23.1 Å². The maximum absolute atomic E-state index is 12.2. The summed E-state index contributed by atoms with van der Waals surface area (Å²) in [7, 11) is -3.28. The second-order valence-electron chi connectivity index (χ2n) is 7.87. The van der Waals surface area contributed by atoms with Crippen LogP contribution in [0.25, 0.3) is 5.57 Å². The van der Waals surface area contributed by atoms with Gasteiger partial charge in [0, 0.05) is 18.0 Å². The maximum Gasteiger partial charge on any atom is 0.419 e. The summed E-state index contributed by atoms with van der Waals surface area (Å²) in [4.78, 5) is 18.2. The van der Waals surface area contributed by atoms with Gasteiger partial charge in [-0.15, -0.1) is 0 Å². The van der Waals surface area contributed by atoms with E-state index in [0.29, 0.717) is 5.70 Å². The van der Waals surface area contributed by atoms with E-state index < -0.39 is 21.5 Å². The predicted octanol–water partition coefficient (Wildman–Crippen LogP) is 4.64. The third-order valence-corrected chi connectivity index (χ3v) is 5.34. The number of allylic oxidation sites excluding steroid dienone is 1. The zero-order valence-corrected chi connectivity index (χ0v) is 18.2. The van der Waals surface area contributed by atoms with Crippen molar-refractivity contribution < 1.29 is 17.9 Å². The molecule has 1 heterocycles. The Hall–Kier alpha value is -3.19. The smallest absolute Gasteiger partial charge is 0.419 e. The molecule has 7 heteroatoms. The lowest BCUT2D eigenvalue weighted by atomic mass is 9.95. The van der Waals surface area contributed by atoms with E-state index >= 15 is 0 Å². The Morgan fingerprint density at radius 2 is 1.57 bits per heavy atom. The number of ether oxygens (including phenoxy) is 1. The number of hydrogen-bond donors (Lipinski definition) is 0. The summed E-state index contributed by atoms with van der Waals surface area (Å²) < 4.78 is 28.9. The Morgan fingerprint density at radius 1 is 0.967 bits per heavy atom. The molecule has 0 saturated carbocycles. The molecular formula is C23H24N2O4S. The van der Waals surface area contributed by atoms with Gasteiger partial charge < -0.3 is 4.74 Å². The fourth-order valence-electron chi connectivity index (χ4n) is 2.86. The van der Waals surface area contributed by atoms with E-state index in [1.807, 2.05) is 30.3 Å². The Morgan fingerprint density at radius 3 is 2.07 bits per heavy atom. The van der Waals surface area contributed by atoms with Crippen molar-refractivity contribution in [1.82, 2.24) is 4.90 Å². The van der Waals surface area contributed by atoms with Gasteiger partial charge in [-0.05, 0) is 50.1 Å². The molecule has 0 aliphatic carbocycles. The molecule has 0 radical (unpaired) electrons. The van der Waals surface area contributed by atoms with Crippen LogP contribution in [0.15, 0.2) is 82.5 Å². The van der Waals surface area contributed by atoms with Gasteiger partial charge >= 0.3 is 6.09 Å². The first-order chi connectivity index (χ1) is 14.0. The second kappa shape index (κ2) is 8.28. The Balaban J connectivity index is 2.01. The largest absolute Gasteiger partial charge is 0.443 e. The zero-order chi connectivity index (χ0) is 21.9. The molecule has 2 aromatic carbocycles. The summed E-state index contributed by atoms with van der Waals surface area (Å²) in [6.07, 6.45) is 5.41. The fourth-order valence-corrected chi connectivity index (χ4v) is 3.49. The minimum atomic E-state index is -3.28. The lowest BCUT2D eigenvalue weighted by Crippen LogP contribution is -2.33. The summed E-state index contributed by atoms with van der Waals surface area (Å²) in [6, 6.07) is 16.4. The molecule has 0 fully saturated rings.